The van der Waals surface area contributed by atoms with Crippen molar-refractivity contribution in [3.8, 4) is 0 Å². The van der Waals surface area contributed by atoms with Gasteiger partial charge >= 0.3 is 0 Å². The van der Waals surface area contributed by atoms with Crippen molar-refractivity contribution in [3.05, 3.63) is 23.8 Å². The molecule has 2 rings (SSSR count). The Hall–Kier alpha value is -0.670. The molecule has 0 saturated heterocycles. The Bertz CT molecular complexity index is 365. The van der Waals surface area contributed by atoms with Crippen LogP contribution in [0.2, 0.25) is 0 Å². The van der Waals surface area contributed by atoms with Crippen molar-refractivity contribution in [1.82, 2.24) is 0 Å². The number of aliphatic hydroxyl groups is 1. The Morgan fingerprint density at radius 2 is 2.25 bits per heavy atom. The third kappa shape index (κ3) is 2.36. The van der Waals surface area contributed by atoms with Crippen LogP contribution in [0.25, 0.3) is 0 Å². The highest BCUT2D eigenvalue weighted by Crippen LogP contribution is 2.34. The largest absolute Gasteiger partial charge is 0.396 e. The van der Waals surface area contributed by atoms with Gasteiger partial charge in [-0.25, -0.2) is 0 Å². The quantitative estimate of drug-likeness (QED) is 0.848. The zero-order valence-corrected chi connectivity index (χ0v) is 10.7. The molecule has 0 bridgehead atoms. The first kappa shape index (κ1) is 11.8. The van der Waals surface area contributed by atoms with Crippen LogP contribution < -0.4 is 5.32 Å². The summed E-state index contributed by atoms with van der Waals surface area (Å²) >= 11 is 1.90. The van der Waals surface area contributed by atoms with Crippen molar-refractivity contribution in [3.63, 3.8) is 0 Å². The van der Waals surface area contributed by atoms with Crippen molar-refractivity contribution in [2.75, 3.05) is 24.2 Å². The van der Waals surface area contributed by atoms with E-state index >= 15 is 0 Å². The number of benzene rings is 1. The van der Waals surface area contributed by atoms with Gasteiger partial charge in [0, 0.05) is 28.8 Å². The summed E-state index contributed by atoms with van der Waals surface area (Å²) < 4.78 is 0. The number of aliphatic hydroxyl groups excluding tert-OH is 1. The summed E-state index contributed by atoms with van der Waals surface area (Å²) in [5.41, 5.74) is 2.49. The average molecular weight is 237 g/mol. The summed E-state index contributed by atoms with van der Waals surface area (Å²) in [6, 6.07) is 6.51. The smallest absolute Gasteiger partial charge is 0.0502 e. The first-order valence-electron chi connectivity index (χ1n) is 5.84. The van der Waals surface area contributed by atoms with Crippen LogP contribution in [0.3, 0.4) is 0 Å². The minimum Gasteiger partial charge on any atom is -0.396 e. The van der Waals surface area contributed by atoms with Crippen LogP contribution in [0, 0.1) is 5.92 Å². The van der Waals surface area contributed by atoms with Gasteiger partial charge in [0.1, 0.15) is 0 Å². The first-order chi connectivity index (χ1) is 7.72. The van der Waals surface area contributed by atoms with Crippen LogP contribution in [-0.2, 0) is 0 Å². The fourth-order valence-corrected chi connectivity index (χ4v) is 3.02. The highest BCUT2D eigenvalue weighted by molar-refractivity contribution is 7.99. The summed E-state index contributed by atoms with van der Waals surface area (Å²) in [7, 11) is 0. The van der Waals surface area contributed by atoms with Crippen molar-refractivity contribution in [2.45, 2.75) is 24.7 Å². The average Bonchev–Trinajstić information content (AvgIpc) is 2.29. The van der Waals surface area contributed by atoms with E-state index in [4.69, 9.17) is 0 Å². The molecule has 1 aromatic rings. The third-order valence-corrected chi connectivity index (χ3v) is 4.17. The highest BCUT2D eigenvalue weighted by Gasteiger charge is 2.17. The molecule has 0 saturated carbocycles. The molecule has 0 aliphatic carbocycles. The maximum absolute atomic E-state index is 9.43. The minimum absolute atomic E-state index is 0.231. The van der Waals surface area contributed by atoms with E-state index in [2.05, 4.69) is 37.4 Å². The molecule has 0 spiro atoms. The summed E-state index contributed by atoms with van der Waals surface area (Å²) in [5, 5.41) is 12.8. The molecule has 1 unspecified atom stereocenters. The highest BCUT2D eigenvalue weighted by atomic mass is 32.2. The number of fused-ring (bicyclic) bond motifs is 1. The fourth-order valence-electron chi connectivity index (χ4n) is 2.08. The van der Waals surface area contributed by atoms with Gasteiger partial charge in [-0.1, -0.05) is 19.9 Å². The molecule has 1 aliphatic rings. The second-order valence-corrected chi connectivity index (χ2v) is 5.70. The molecular weight excluding hydrogens is 218 g/mol. The van der Waals surface area contributed by atoms with Crippen molar-refractivity contribution in [2.24, 2.45) is 5.92 Å². The molecule has 1 atom stereocenters. The predicted molar refractivity (Wildman–Crippen MR) is 70.3 cm³/mol. The van der Waals surface area contributed by atoms with Crippen molar-refractivity contribution in [1.29, 1.82) is 0 Å². The second kappa shape index (κ2) is 5.11. The predicted octanol–water partition coefficient (Wildman–Crippen LogP) is 2.94. The number of rotatable bonds is 3. The number of thioether (sulfide) groups is 1. The first-order valence-corrected chi connectivity index (χ1v) is 6.82. The molecule has 3 heteroatoms. The lowest BCUT2D eigenvalue weighted by molar-refractivity contribution is 0.237. The maximum atomic E-state index is 9.43. The van der Waals surface area contributed by atoms with E-state index in [-0.39, 0.29) is 12.5 Å². The number of anilines is 1. The van der Waals surface area contributed by atoms with Gasteiger partial charge in [-0.3, -0.25) is 0 Å². The van der Waals surface area contributed by atoms with Gasteiger partial charge in [-0.15, -0.1) is 11.8 Å². The van der Waals surface area contributed by atoms with Gasteiger partial charge < -0.3 is 10.4 Å². The van der Waals surface area contributed by atoms with Crippen LogP contribution in [0.4, 0.5) is 5.69 Å². The SMILES string of the molecule is CC(C)C(CO)c1ccc2c(c1)SCCN2. The number of nitrogens with one attached hydrogen (secondary N) is 1. The lowest BCUT2D eigenvalue weighted by Gasteiger charge is -2.23. The topological polar surface area (TPSA) is 32.3 Å². The Balaban J connectivity index is 2.28. The van der Waals surface area contributed by atoms with Crippen LogP contribution >= 0.6 is 11.8 Å². The molecule has 2 nitrogen and oxygen atoms in total. The Morgan fingerprint density at radius 3 is 2.94 bits per heavy atom. The minimum atomic E-state index is 0.231. The van der Waals surface area contributed by atoms with Gasteiger partial charge in [-0.05, 0) is 23.6 Å². The van der Waals surface area contributed by atoms with Crippen LogP contribution in [0.5, 0.6) is 0 Å². The molecule has 1 aromatic carbocycles. The monoisotopic (exact) mass is 237 g/mol. The van der Waals surface area contributed by atoms with Crippen molar-refractivity contribution >= 4 is 17.4 Å². The fraction of sp³-hybridized carbons (Fsp3) is 0.538. The normalized spacial score (nSPS) is 16.8. The van der Waals surface area contributed by atoms with E-state index in [0.717, 1.165) is 12.3 Å². The molecule has 1 heterocycles. The Morgan fingerprint density at radius 1 is 1.44 bits per heavy atom. The van der Waals surface area contributed by atoms with Gasteiger partial charge in [0.25, 0.3) is 0 Å². The van der Waals surface area contributed by atoms with Gasteiger partial charge in [0.15, 0.2) is 0 Å². The van der Waals surface area contributed by atoms with Crippen LogP contribution in [0.15, 0.2) is 23.1 Å². The molecule has 0 aromatic heterocycles. The molecule has 0 fully saturated rings. The molecule has 2 N–H and O–H groups in total. The maximum Gasteiger partial charge on any atom is 0.0502 e. The number of hydrogen-bond donors (Lipinski definition) is 2. The molecule has 88 valence electrons. The standard InChI is InChI=1S/C13H19NOS/c1-9(2)11(8-15)10-3-4-12-13(7-10)16-6-5-14-12/h3-4,7,9,11,14-15H,5-6,8H2,1-2H3. The second-order valence-electron chi connectivity index (χ2n) is 4.56. The van der Waals surface area contributed by atoms with Crippen LogP contribution in [0.1, 0.15) is 25.3 Å². The zero-order valence-electron chi connectivity index (χ0n) is 9.86. The zero-order chi connectivity index (χ0) is 11.5. The summed E-state index contributed by atoms with van der Waals surface area (Å²) in [6.07, 6.45) is 0. The summed E-state index contributed by atoms with van der Waals surface area (Å²) in [6.45, 7) is 5.59. The van der Waals surface area contributed by atoms with E-state index in [9.17, 15) is 5.11 Å². The van der Waals surface area contributed by atoms with E-state index in [1.807, 2.05) is 11.8 Å². The van der Waals surface area contributed by atoms with Crippen molar-refractivity contribution < 1.29 is 5.11 Å². The summed E-state index contributed by atoms with van der Waals surface area (Å²) in [5.74, 6) is 1.86. The molecular formula is C13H19NOS. The Kier molecular flexibility index (Phi) is 3.77. The van der Waals surface area contributed by atoms with E-state index in [0.29, 0.717) is 5.92 Å². The van der Waals surface area contributed by atoms with Gasteiger partial charge in [-0.2, -0.15) is 0 Å². The number of hydrogen-bond acceptors (Lipinski definition) is 3. The van der Waals surface area contributed by atoms with Crippen LogP contribution in [-0.4, -0.2) is 24.0 Å². The molecule has 1 aliphatic heterocycles. The van der Waals surface area contributed by atoms with E-state index in [1.54, 1.807) is 0 Å². The molecule has 0 amide bonds. The lowest BCUT2D eigenvalue weighted by Crippen LogP contribution is -2.14. The Labute approximate surface area is 101 Å². The van der Waals surface area contributed by atoms with Gasteiger partial charge in [0.05, 0.1) is 6.61 Å². The van der Waals surface area contributed by atoms with E-state index < -0.39 is 0 Å². The molecule has 16 heavy (non-hydrogen) atoms. The summed E-state index contributed by atoms with van der Waals surface area (Å²) in [4.78, 5) is 1.32. The lowest BCUT2D eigenvalue weighted by atomic mass is 9.89. The molecule has 0 radical (unpaired) electrons. The van der Waals surface area contributed by atoms with E-state index in [1.165, 1.54) is 16.1 Å². The van der Waals surface area contributed by atoms with Gasteiger partial charge in [0.2, 0.25) is 0 Å². The third-order valence-electron chi connectivity index (χ3n) is 3.11.